The second-order valence-corrected chi connectivity index (χ2v) is 10.4. The summed E-state index contributed by atoms with van der Waals surface area (Å²) >= 11 is 0. The summed E-state index contributed by atoms with van der Waals surface area (Å²) in [4.78, 5) is 18.1. The molecule has 1 saturated heterocycles. The van der Waals surface area contributed by atoms with Gasteiger partial charge in [0, 0.05) is 37.9 Å². The first-order valence-corrected chi connectivity index (χ1v) is 11.5. The number of piperazine rings is 1. The second kappa shape index (κ2) is 7.82. The zero-order valence-corrected chi connectivity index (χ0v) is 17.5. The Morgan fingerprint density at radius 1 is 1.15 bits per heavy atom. The van der Waals surface area contributed by atoms with Gasteiger partial charge in [0.25, 0.3) is 0 Å². The van der Waals surface area contributed by atoms with Gasteiger partial charge in [0.2, 0.25) is 11.8 Å². The highest BCUT2D eigenvalue weighted by Crippen LogP contribution is 2.35. The van der Waals surface area contributed by atoms with Crippen molar-refractivity contribution >= 4 is 30.0 Å². The standard InChI is InChI=1S/C18H27N6O2P/c1-13-12-19-18(22-16(13)24-10-8-23(2)9-11-24)20-14-6-7-15(27(4,5)25)21-17(14)26-3/h6-7,12H,8-11H2,1-5H3,(H,19,20,22). The van der Waals surface area contributed by atoms with Crippen molar-refractivity contribution in [1.82, 2.24) is 19.9 Å². The molecule has 9 heteroatoms. The lowest BCUT2D eigenvalue weighted by Gasteiger charge is -2.34. The topological polar surface area (TPSA) is 83.5 Å². The zero-order valence-electron chi connectivity index (χ0n) is 16.6. The van der Waals surface area contributed by atoms with E-state index in [4.69, 9.17) is 9.72 Å². The minimum Gasteiger partial charge on any atom is -0.479 e. The molecule has 3 heterocycles. The third-order valence-corrected chi connectivity index (χ3v) is 5.94. The SMILES string of the molecule is COc1nc(P(C)(C)=O)ccc1Nc1ncc(C)c(N2CCN(C)CC2)n1. The first-order chi connectivity index (χ1) is 12.8. The van der Waals surface area contributed by atoms with Crippen molar-refractivity contribution in [3.63, 3.8) is 0 Å². The molecule has 0 atom stereocenters. The van der Waals surface area contributed by atoms with Crippen LogP contribution in [0.5, 0.6) is 5.88 Å². The molecule has 0 saturated carbocycles. The number of ether oxygens (including phenoxy) is 1. The van der Waals surface area contributed by atoms with E-state index in [0.29, 0.717) is 23.0 Å². The average molecular weight is 390 g/mol. The predicted octanol–water partition coefficient (Wildman–Crippen LogP) is 1.93. The highest BCUT2D eigenvalue weighted by atomic mass is 31.2. The molecule has 1 aliphatic heterocycles. The lowest BCUT2D eigenvalue weighted by atomic mass is 10.2. The van der Waals surface area contributed by atoms with Gasteiger partial charge >= 0.3 is 0 Å². The highest BCUT2D eigenvalue weighted by molar-refractivity contribution is 7.69. The molecular formula is C18H27N6O2P. The largest absolute Gasteiger partial charge is 0.479 e. The number of nitrogens with zero attached hydrogens (tertiary/aromatic N) is 5. The monoisotopic (exact) mass is 390 g/mol. The van der Waals surface area contributed by atoms with E-state index in [2.05, 4.69) is 32.1 Å². The minimum atomic E-state index is -2.46. The van der Waals surface area contributed by atoms with Gasteiger partial charge in [0.1, 0.15) is 24.1 Å². The van der Waals surface area contributed by atoms with E-state index < -0.39 is 7.14 Å². The van der Waals surface area contributed by atoms with Crippen LogP contribution in [-0.4, -0.2) is 73.5 Å². The summed E-state index contributed by atoms with van der Waals surface area (Å²) in [5.41, 5.74) is 2.22. The number of nitrogens with one attached hydrogen (secondary N) is 1. The number of hydrogen-bond acceptors (Lipinski definition) is 8. The highest BCUT2D eigenvalue weighted by Gasteiger charge is 2.19. The quantitative estimate of drug-likeness (QED) is 0.776. The van der Waals surface area contributed by atoms with Gasteiger partial charge in [-0.2, -0.15) is 4.98 Å². The van der Waals surface area contributed by atoms with Gasteiger partial charge in [-0.1, -0.05) is 0 Å². The van der Waals surface area contributed by atoms with Crippen LogP contribution in [0.15, 0.2) is 18.3 Å². The molecule has 1 fully saturated rings. The Morgan fingerprint density at radius 3 is 2.48 bits per heavy atom. The second-order valence-electron chi connectivity index (χ2n) is 7.19. The normalized spacial score (nSPS) is 15.7. The summed E-state index contributed by atoms with van der Waals surface area (Å²) < 4.78 is 17.6. The third-order valence-electron chi connectivity index (χ3n) is 4.58. The van der Waals surface area contributed by atoms with Crippen LogP contribution in [0.25, 0.3) is 0 Å². The van der Waals surface area contributed by atoms with Gasteiger partial charge in [0.15, 0.2) is 0 Å². The van der Waals surface area contributed by atoms with Gasteiger partial charge in [-0.3, -0.25) is 0 Å². The van der Waals surface area contributed by atoms with Gasteiger partial charge < -0.3 is 24.4 Å². The summed E-state index contributed by atoms with van der Waals surface area (Å²) in [5.74, 6) is 1.80. The van der Waals surface area contributed by atoms with Crippen molar-refractivity contribution < 1.29 is 9.30 Å². The summed E-state index contributed by atoms with van der Waals surface area (Å²) in [6.07, 6.45) is 1.82. The Labute approximate surface area is 160 Å². The molecule has 2 aromatic heterocycles. The van der Waals surface area contributed by atoms with Crippen molar-refractivity contribution in [1.29, 1.82) is 0 Å². The van der Waals surface area contributed by atoms with Crippen molar-refractivity contribution in [3.05, 3.63) is 23.9 Å². The van der Waals surface area contributed by atoms with Crippen LogP contribution < -0.4 is 20.4 Å². The van der Waals surface area contributed by atoms with Crippen LogP contribution in [0.3, 0.4) is 0 Å². The third kappa shape index (κ3) is 4.57. The average Bonchev–Trinajstić information content (AvgIpc) is 2.63. The fourth-order valence-electron chi connectivity index (χ4n) is 2.93. The zero-order chi connectivity index (χ0) is 19.6. The van der Waals surface area contributed by atoms with E-state index in [1.807, 2.05) is 13.1 Å². The number of methoxy groups -OCH3 is 1. The number of aryl methyl sites for hydroxylation is 1. The fraction of sp³-hybridized carbons (Fsp3) is 0.500. The summed E-state index contributed by atoms with van der Waals surface area (Å²) in [5, 5.41) is 3.18. The van der Waals surface area contributed by atoms with Crippen molar-refractivity contribution in [3.8, 4) is 5.88 Å². The van der Waals surface area contributed by atoms with Crippen molar-refractivity contribution in [2.75, 3.05) is 63.9 Å². The van der Waals surface area contributed by atoms with E-state index in [1.54, 1.807) is 32.6 Å². The number of likely N-dealkylation sites (N-methyl/N-ethyl adjacent to an activating group) is 1. The Balaban J connectivity index is 1.86. The molecule has 0 bridgehead atoms. The summed E-state index contributed by atoms with van der Waals surface area (Å²) in [7, 11) is 1.21. The maximum absolute atomic E-state index is 12.3. The minimum absolute atomic E-state index is 0.377. The predicted molar refractivity (Wildman–Crippen MR) is 110 cm³/mol. The molecule has 0 radical (unpaired) electrons. The summed E-state index contributed by atoms with van der Waals surface area (Å²) in [6.45, 7) is 9.30. The molecule has 8 nitrogen and oxygen atoms in total. The van der Waals surface area contributed by atoms with Crippen LogP contribution in [-0.2, 0) is 4.57 Å². The molecule has 0 amide bonds. The first kappa shape index (κ1) is 19.6. The Bertz CT molecular complexity index is 861. The van der Waals surface area contributed by atoms with E-state index >= 15 is 0 Å². The Kier molecular flexibility index (Phi) is 5.67. The molecule has 146 valence electrons. The Morgan fingerprint density at radius 2 is 1.85 bits per heavy atom. The van der Waals surface area contributed by atoms with Gasteiger partial charge in [0.05, 0.1) is 7.11 Å². The van der Waals surface area contributed by atoms with E-state index in [0.717, 1.165) is 37.6 Å². The van der Waals surface area contributed by atoms with Crippen LogP contribution in [0, 0.1) is 6.92 Å². The van der Waals surface area contributed by atoms with E-state index in [9.17, 15) is 4.57 Å². The Hall–Kier alpha value is -2.18. The number of pyridine rings is 1. The number of rotatable bonds is 5. The molecule has 3 rings (SSSR count). The fourth-order valence-corrected chi connectivity index (χ4v) is 3.70. The molecule has 0 spiro atoms. The van der Waals surface area contributed by atoms with Gasteiger partial charge in [-0.25, -0.2) is 9.97 Å². The molecule has 1 N–H and O–H groups in total. The maximum Gasteiger partial charge on any atom is 0.238 e. The number of anilines is 3. The van der Waals surface area contributed by atoms with Gasteiger partial charge in [-0.15, -0.1) is 0 Å². The van der Waals surface area contributed by atoms with Gasteiger partial charge in [-0.05, 0) is 39.4 Å². The lowest BCUT2D eigenvalue weighted by molar-refractivity contribution is 0.312. The van der Waals surface area contributed by atoms with Crippen LogP contribution in [0.2, 0.25) is 0 Å². The molecule has 27 heavy (non-hydrogen) atoms. The molecule has 1 aliphatic rings. The van der Waals surface area contributed by atoms with Crippen LogP contribution >= 0.6 is 7.14 Å². The van der Waals surface area contributed by atoms with E-state index in [-0.39, 0.29) is 0 Å². The van der Waals surface area contributed by atoms with E-state index in [1.165, 1.54) is 0 Å². The van der Waals surface area contributed by atoms with Crippen molar-refractivity contribution in [2.45, 2.75) is 6.92 Å². The van der Waals surface area contributed by atoms with Crippen LogP contribution in [0.1, 0.15) is 5.56 Å². The first-order valence-electron chi connectivity index (χ1n) is 8.92. The molecule has 0 aliphatic carbocycles. The molecular weight excluding hydrogens is 363 g/mol. The maximum atomic E-state index is 12.3. The van der Waals surface area contributed by atoms with Crippen LogP contribution in [0.4, 0.5) is 17.5 Å². The summed E-state index contributed by atoms with van der Waals surface area (Å²) in [6, 6.07) is 3.56. The lowest BCUT2D eigenvalue weighted by Crippen LogP contribution is -2.45. The molecule has 0 unspecified atom stereocenters. The molecule has 2 aromatic rings. The van der Waals surface area contributed by atoms with Crippen molar-refractivity contribution in [2.24, 2.45) is 0 Å². The smallest absolute Gasteiger partial charge is 0.238 e. The molecule has 0 aromatic carbocycles. The number of hydrogen-bond donors (Lipinski definition) is 1. The number of aromatic nitrogens is 3.